The number of amides is 1. The van der Waals surface area contributed by atoms with Crippen LogP contribution in [0.1, 0.15) is 39.5 Å². The van der Waals surface area contributed by atoms with E-state index in [9.17, 15) is 4.79 Å². The van der Waals surface area contributed by atoms with E-state index in [2.05, 4.69) is 17.6 Å². The minimum Gasteiger partial charge on any atom is -0.378 e. The highest BCUT2D eigenvalue weighted by atomic mass is 16.5. The van der Waals surface area contributed by atoms with Gasteiger partial charge in [-0.2, -0.15) is 0 Å². The maximum absolute atomic E-state index is 12.0. The predicted molar refractivity (Wildman–Crippen MR) is 66.8 cm³/mol. The molecule has 2 N–H and O–H groups in total. The van der Waals surface area contributed by atoms with Crippen molar-refractivity contribution in [3.05, 3.63) is 0 Å². The van der Waals surface area contributed by atoms with Crippen molar-refractivity contribution in [3.8, 4) is 0 Å². The third kappa shape index (κ3) is 3.42. The lowest BCUT2D eigenvalue weighted by molar-refractivity contribution is -0.128. The van der Waals surface area contributed by atoms with Crippen LogP contribution >= 0.6 is 0 Å². The molecule has 98 valence electrons. The molecule has 2 fully saturated rings. The van der Waals surface area contributed by atoms with Crippen LogP contribution in [-0.2, 0) is 9.53 Å². The molecular weight excluding hydrogens is 216 g/mol. The van der Waals surface area contributed by atoms with Crippen molar-refractivity contribution in [1.82, 2.24) is 10.6 Å². The zero-order chi connectivity index (χ0) is 12.3. The summed E-state index contributed by atoms with van der Waals surface area (Å²) in [5, 5.41) is 6.52. The average molecular weight is 240 g/mol. The molecular formula is C13H24N2O2. The quantitative estimate of drug-likeness (QED) is 0.772. The first-order valence-corrected chi connectivity index (χ1v) is 6.84. The topological polar surface area (TPSA) is 50.4 Å². The number of rotatable bonds is 4. The van der Waals surface area contributed by atoms with Crippen LogP contribution in [0.15, 0.2) is 0 Å². The van der Waals surface area contributed by atoms with Gasteiger partial charge >= 0.3 is 0 Å². The van der Waals surface area contributed by atoms with Crippen molar-refractivity contribution in [2.45, 2.75) is 57.7 Å². The summed E-state index contributed by atoms with van der Waals surface area (Å²) in [5.41, 5.74) is 0. The molecule has 2 aliphatic rings. The molecule has 1 amide bonds. The second kappa shape index (κ2) is 5.83. The van der Waals surface area contributed by atoms with Crippen molar-refractivity contribution in [3.63, 3.8) is 0 Å². The number of ether oxygens (including phenoxy) is 1. The van der Waals surface area contributed by atoms with Gasteiger partial charge in [0.25, 0.3) is 0 Å². The zero-order valence-electron chi connectivity index (χ0n) is 10.9. The maximum atomic E-state index is 12.0. The van der Waals surface area contributed by atoms with Gasteiger partial charge in [-0.3, -0.25) is 4.79 Å². The molecule has 4 heteroatoms. The van der Waals surface area contributed by atoms with Crippen molar-refractivity contribution >= 4 is 5.91 Å². The van der Waals surface area contributed by atoms with E-state index in [4.69, 9.17) is 4.74 Å². The average Bonchev–Trinajstić information content (AvgIpc) is 2.26. The predicted octanol–water partition coefficient (Wildman–Crippen LogP) is 1.06. The van der Waals surface area contributed by atoms with Crippen molar-refractivity contribution in [1.29, 1.82) is 0 Å². The van der Waals surface area contributed by atoms with Gasteiger partial charge in [-0.15, -0.1) is 0 Å². The van der Waals surface area contributed by atoms with E-state index in [1.807, 2.05) is 6.92 Å². The Balaban J connectivity index is 1.68. The minimum absolute atomic E-state index is 0.206. The van der Waals surface area contributed by atoms with E-state index in [1.165, 1.54) is 0 Å². The lowest BCUT2D eigenvalue weighted by Gasteiger charge is -2.37. The van der Waals surface area contributed by atoms with E-state index in [0.29, 0.717) is 18.2 Å². The molecule has 2 rings (SSSR count). The van der Waals surface area contributed by atoms with Crippen LogP contribution in [0.4, 0.5) is 0 Å². The van der Waals surface area contributed by atoms with Gasteiger partial charge in [0.15, 0.2) is 0 Å². The van der Waals surface area contributed by atoms with Gasteiger partial charge in [0.1, 0.15) is 0 Å². The third-order valence-electron chi connectivity index (χ3n) is 3.84. The largest absolute Gasteiger partial charge is 0.378 e. The molecule has 17 heavy (non-hydrogen) atoms. The van der Waals surface area contributed by atoms with Crippen LogP contribution in [-0.4, -0.2) is 37.2 Å². The highest BCUT2D eigenvalue weighted by Crippen LogP contribution is 2.24. The number of piperidine rings is 1. The van der Waals surface area contributed by atoms with Crippen LogP contribution in [0.5, 0.6) is 0 Å². The molecule has 1 aliphatic carbocycles. The lowest BCUT2D eigenvalue weighted by atomic mass is 9.87. The molecule has 1 saturated heterocycles. The summed E-state index contributed by atoms with van der Waals surface area (Å²) in [7, 11) is 0. The first-order valence-electron chi connectivity index (χ1n) is 6.84. The second-order valence-electron chi connectivity index (χ2n) is 5.33. The van der Waals surface area contributed by atoms with E-state index in [1.54, 1.807) is 0 Å². The molecule has 0 aromatic heterocycles. The SMILES string of the molecule is CCOC1CC(NC(=O)C2CCNC(C)C2)C1. The Labute approximate surface area is 103 Å². The monoisotopic (exact) mass is 240 g/mol. The normalized spacial score (nSPS) is 37.3. The molecule has 0 spiro atoms. The summed E-state index contributed by atoms with van der Waals surface area (Å²) in [6.45, 7) is 5.90. The summed E-state index contributed by atoms with van der Waals surface area (Å²) in [5.74, 6) is 0.454. The highest BCUT2D eigenvalue weighted by Gasteiger charge is 2.33. The van der Waals surface area contributed by atoms with Crippen molar-refractivity contribution < 1.29 is 9.53 Å². The van der Waals surface area contributed by atoms with E-state index >= 15 is 0 Å². The molecule has 1 saturated carbocycles. The Bertz CT molecular complexity index is 264. The van der Waals surface area contributed by atoms with Gasteiger partial charge < -0.3 is 15.4 Å². The Hall–Kier alpha value is -0.610. The standard InChI is InChI=1S/C13H24N2O2/c1-3-17-12-7-11(8-12)15-13(16)10-4-5-14-9(2)6-10/h9-12,14H,3-8H2,1-2H3,(H,15,16). The Morgan fingerprint density at radius 2 is 2.18 bits per heavy atom. The smallest absolute Gasteiger partial charge is 0.223 e. The third-order valence-corrected chi connectivity index (χ3v) is 3.84. The molecule has 1 heterocycles. The van der Waals surface area contributed by atoms with Crippen molar-refractivity contribution in [2.24, 2.45) is 5.92 Å². The van der Waals surface area contributed by atoms with Crippen LogP contribution in [0.2, 0.25) is 0 Å². The van der Waals surface area contributed by atoms with E-state index < -0.39 is 0 Å². The van der Waals surface area contributed by atoms with E-state index in [-0.39, 0.29) is 11.8 Å². The fourth-order valence-corrected chi connectivity index (χ4v) is 2.74. The lowest BCUT2D eigenvalue weighted by Crippen LogP contribution is -2.51. The molecule has 0 aromatic carbocycles. The summed E-state index contributed by atoms with van der Waals surface area (Å²) in [4.78, 5) is 12.0. The fraction of sp³-hybridized carbons (Fsp3) is 0.923. The Morgan fingerprint density at radius 1 is 1.41 bits per heavy atom. The number of nitrogens with one attached hydrogen (secondary N) is 2. The highest BCUT2D eigenvalue weighted by molar-refractivity contribution is 5.79. The molecule has 4 nitrogen and oxygen atoms in total. The van der Waals surface area contributed by atoms with Gasteiger partial charge in [-0.05, 0) is 46.1 Å². The van der Waals surface area contributed by atoms with Gasteiger partial charge in [-0.25, -0.2) is 0 Å². The van der Waals surface area contributed by atoms with Crippen LogP contribution in [0.25, 0.3) is 0 Å². The first kappa shape index (κ1) is 12.8. The van der Waals surface area contributed by atoms with Crippen LogP contribution in [0, 0.1) is 5.92 Å². The number of carbonyl (C=O) groups excluding carboxylic acids is 1. The first-order chi connectivity index (χ1) is 8.19. The van der Waals surface area contributed by atoms with Crippen LogP contribution < -0.4 is 10.6 Å². The molecule has 2 atom stereocenters. The second-order valence-corrected chi connectivity index (χ2v) is 5.33. The summed E-state index contributed by atoms with van der Waals surface area (Å²) in [6.07, 6.45) is 4.28. The number of hydrogen-bond donors (Lipinski definition) is 2. The minimum atomic E-state index is 0.206. The van der Waals surface area contributed by atoms with Gasteiger partial charge in [0.05, 0.1) is 6.10 Å². The summed E-state index contributed by atoms with van der Waals surface area (Å²) < 4.78 is 5.49. The maximum Gasteiger partial charge on any atom is 0.223 e. The van der Waals surface area contributed by atoms with Gasteiger partial charge in [0, 0.05) is 24.6 Å². The fourth-order valence-electron chi connectivity index (χ4n) is 2.74. The summed E-state index contributed by atoms with van der Waals surface area (Å²) >= 11 is 0. The van der Waals surface area contributed by atoms with E-state index in [0.717, 1.165) is 38.8 Å². The molecule has 1 aliphatic heterocycles. The van der Waals surface area contributed by atoms with Crippen LogP contribution in [0.3, 0.4) is 0 Å². The number of hydrogen-bond acceptors (Lipinski definition) is 3. The molecule has 2 unspecified atom stereocenters. The molecule has 0 aromatic rings. The number of carbonyl (C=O) groups is 1. The molecule has 0 radical (unpaired) electrons. The van der Waals surface area contributed by atoms with Gasteiger partial charge in [0.2, 0.25) is 5.91 Å². The summed E-state index contributed by atoms with van der Waals surface area (Å²) in [6, 6.07) is 0.821. The Morgan fingerprint density at radius 3 is 2.82 bits per heavy atom. The van der Waals surface area contributed by atoms with Crippen molar-refractivity contribution in [2.75, 3.05) is 13.2 Å². The Kier molecular flexibility index (Phi) is 4.40. The molecule has 0 bridgehead atoms. The van der Waals surface area contributed by atoms with Gasteiger partial charge in [-0.1, -0.05) is 0 Å². The zero-order valence-corrected chi connectivity index (χ0v) is 10.9.